The number of nitrogens with zero attached hydrogens (tertiary/aromatic N) is 4. The Morgan fingerprint density at radius 1 is 1.38 bits per heavy atom. The van der Waals surface area contributed by atoms with E-state index in [0.717, 1.165) is 30.3 Å². The molecule has 1 saturated carbocycles. The third-order valence-corrected chi connectivity index (χ3v) is 4.12. The molecule has 1 heterocycles. The van der Waals surface area contributed by atoms with Gasteiger partial charge in [-0.15, -0.1) is 5.10 Å². The first-order valence-corrected chi connectivity index (χ1v) is 8.09. The van der Waals surface area contributed by atoms with E-state index in [9.17, 15) is 4.79 Å². The largest absolute Gasteiger partial charge is 0.444 e. The van der Waals surface area contributed by atoms with E-state index in [4.69, 9.17) is 4.74 Å². The number of halogens is 1. The molecule has 0 aromatic carbocycles. The number of hydrogen-bond acceptors (Lipinski definition) is 4. The van der Waals surface area contributed by atoms with Gasteiger partial charge in [0.15, 0.2) is 0 Å². The number of carbonyl (C=O) groups is 1. The monoisotopic (exact) mass is 358 g/mol. The van der Waals surface area contributed by atoms with Crippen LogP contribution in [0.2, 0.25) is 0 Å². The Hall–Kier alpha value is -1.11. The molecule has 1 aliphatic carbocycles. The standard InChI is InChI=1S/C14H23BrN4O2/c1-14(2,3)21-13(20)18(4)10-5-7-11(8-6-10)19-9-12(15)16-17-19/h9-11H,5-8H2,1-4H3/t10-,11+. The molecule has 1 aromatic rings. The summed E-state index contributed by atoms with van der Waals surface area (Å²) in [6.07, 6.45) is 5.56. The van der Waals surface area contributed by atoms with Crippen LogP contribution in [0.4, 0.5) is 4.79 Å². The molecule has 0 atom stereocenters. The molecular weight excluding hydrogens is 336 g/mol. The normalized spacial score (nSPS) is 22.9. The molecule has 1 aliphatic rings. The molecule has 1 amide bonds. The second-order valence-corrected chi connectivity index (χ2v) is 7.39. The topological polar surface area (TPSA) is 60.2 Å². The molecule has 1 aromatic heterocycles. The summed E-state index contributed by atoms with van der Waals surface area (Å²) in [5, 5.41) is 8.07. The fourth-order valence-electron chi connectivity index (χ4n) is 2.63. The summed E-state index contributed by atoms with van der Waals surface area (Å²) in [5.41, 5.74) is -0.449. The van der Waals surface area contributed by atoms with Gasteiger partial charge in [0.2, 0.25) is 0 Å². The SMILES string of the molecule is CN(C(=O)OC(C)(C)C)[C@H]1CC[C@@H](n2cc(Br)nn2)CC1. The van der Waals surface area contributed by atoms with E-state index in [1.807, 2.05) is 38.7 Å². The summed E-state index contributed by atoms with van der Waals surface area (Å²) in [5.74, 6) is 0. The smallest absolute Gasteiger partial charge is 0.410 e. The van der Waals surface area contributed by atoms with Crippen molar-refractivity contribution in [2.24, 2.45) is 0 Å². The zero-order chi connectivity index (χ0) is 15.6. The highest BCUT2D eigenvalue weighted by atomic mass is 79.9. The average molecular weight is 359 g/mol. The van der Waals surface area contributed by atoms with Gasteiger partial charge >= 0.3 is 6.09 Å². The molecule has 0 aliphatic heterocycles. The van der Waals surface area contributed by atoms with Crippen molar-refractivity contribution in [2.45, 2.75) is 64.1 Å². The van der Waals surface area contributed by atoms with Crippen LogP contribution in [0.5, 0.6) is 0 Å². The third kappa shape index (κ3) is 4.43. The molecule has 0 bridgehead atoms. The van der Waals surface area contributed by atoms with Gasteiger partial charge in [0.05, 0.1) is 12.2 Å². The molecule has 1 fully saturated rings. The molecule has 0 radical (unpaired) electrons. The molecule has 0 spiro atoms. The predicted molar refractivity (Wildman–Crippen MR) is 83.0 cm³/mol. The maximum Gasteiger partial charge on any atom is 0.410 e. The number of hydrogen-bond donors (Lipinski definition) is 0. The quantitative estimate of drug-likeness (QED) is 0.812. The second kappa shape index (κ2) is 6.34. The molecule has 0 unspecified atom stereocenters. The van der Waals surface area contributed by atoms with Crippen molar-refractivity contribution in [1.29, 1.82) is 0 Å². The van der Waals surface area contributed by atoms with Crippen molar-refractivity contribution in [3.8, 4) is 0 Å². The molecular formula is C14H23BrN4O2. The minimum absolute atomic E-state index is 0.239. The first-order valence-electron chi connectivity index (χ1n) is 7.29. The van der Waals surface area contributed by atoms with Gasteiger partial charge in [-0.1, -0.05) is 5.21 Å². The van der Waals surface area contributed by atoms with Crippen LogP contribution in [-0.4, -0.2) is 44.7 Å². The van der Waals surface area contributed by atoms with E-state index in [-0.39, 0.29) is 12.1 Å². The highest BCUT2D eigenvalue weighted by molar-refractivity contribution is 9.10. The number of aromatic nitrogens is 3. The summed E-state index contributed by atoms with van der Waals surface area (Å²) in [6, 6.07) is 0.607. The van der Waals surface area contributed by atoms with Gasteiger partial charge in [-0.25, -0.2) is 9.48 Å². The average Bonchev–Trinajstić information content (AvgIpc) is 2.83. The van der Waals surface area contributed by atoms with Crippen LogP contribution in [0.15, 0.2) is 10.8 Å². The molecule has 118 valence electrons. The Labute approximate surface area is 134 Å². The van der Waals surface area contributed by atoms with Gasteiger partial charge in [0.1, 0.15) is 10.2 Å². The summed E-state index contributed by atoms with van der Waals surface area (Å²) < 4.78 is 8.09. The van der Waals surface area contributed by atoms with Crippen LogP contribution >= 0.6 is 15.9 Å². The zero-order valence-electron chi connectivity index (χ0n) is 13.0. The number of carbonyl (C=O) groups excluding carboxylic acids is 1. The Morgan fingerprint density at radius 2 is 2.00 bits per heavy atom. The summed E-state index contributed by atoms with van der Waals surface area (Å²) >= 11 is 3.32. The van der Waals surface area contributed by atoms with Gasteiger partial charge < -0.3 is 9.64 Å². The molecule has 0 N–H and O–H groups in total. The molecule has 6 nitrogen and oxygen atoms in total. The maximum absolute atomic E-state index is 12.1. The van der Waals surface area contributed by atoms with E-state index in [1.54, 1.807) is 4.90 Å². The van der Waals surface area contributed by atoms with Crippen molar-refractivity contribution in [1.82, 2.24) is 19.9 Å². The predicted octanol–water partition coefficient (Wildman–Crippen LogP) is 3.39. The van der Waals surface area contributed by atoms with Crippen molar-refractivity contribution in [2.75, 3.05) is 7.05 Å². The van der Waals surface area contributed by atoms with Crippen LogP contribution in [0.3, 0.4) is 0 Å². The van der Waals surface area contributed by atoms with Gasteiger partial charge in [0.25, 0.3) is 0 Å². The zero-order valence-corrected chi connectivity index (χ0v) is 14.6. The van der Waals surface area contributed by atoms with E-state index in [1.165, 1.54) is 0 Å². The number of ether oxygens (including phenoxy) is 1. The van der Waals surface area contributed by atoms with Gasteiger partial charge in [-0.3, -0.25) is 0 Å². The lowest BCUT2D eigenvalue weighted by Crippen LogP contribution is -2.42. The minimum Gasteiger partial charge on any atom is -0.444 e. The third-order valence-electron chi connectivity index (χ3n) is 3.75. The van der Waals surface area contributed by atoms with E-state index in [2.05, 4.69) is 26.2 Å². The fraction of sp³-hybridized carbons (Fsp3) is 0.786. The Morgan fingerprint density at radius 3 is 2.48 bits per heavy atom. The fourth-order valence-corrected chi connectivity index (χ4v) is 2.91. The molecule has 2 rings (SSSR count). The molecule has 7 heteroatoms. The van der Waals surface area contributed by atoms with E-state index in [0.29, 0.717) is 6.04 Å². The lowest BCUT2D eigenvalue weighted by molar-refractivity contribution is 0.0172. The van der Waals surface area contributed by atoms with Crippen LogP contribution in [0, 0.1) is 0 Å². The van der Waals surface area contributed by atoms with Gasteiger partial charge in [-0.05, 0) is 62.4 Å². The molecule has 0 saturated heterocycles. The summed E-state index contributed by atoms with van der Waals surface area (Å²) in [4.78, 5) is 13.8. The van der Waals surface area contributed by atoms with E-state index >= 15 is 0 Å². The van der Waals surface area contributed by atoms with Crippen molar-refractivity contribution >= 4 is 22.0 Å². The summed E-state index contributed by atoms with van der Waals surface area (Å²) in [7, 11) is 1.82. The first kappa shape index (κ1) is 16.3. The second-order valence-electron chi connectivity index (χ2n) is 6.57. The van der Waals surface area contributed by atoms with Crippen LogP contribution in [0.1, 0.15) is 52.5 Å². The maximum atomic E-state index is 12.1. The number of amides is 1. The van der Waals surface area contributed by atoms with Crippen molar-refractivity contribution < 1.29 is 9.53 Å². The van der Waals surface area contributed by atoms with E-state index < -0.39 is 5.60 Å². The summed E-state index contributed by atoms with van der Waals surface area (Å²) in [6.45, 7) is 5.66. The van der Waals surface area contributed by atoms with Crippen molar-refractivity contribution in [3.05, 3.63) is 10.8 Å². The Kier molecular flexibility index (Phi) is 4.91. The minimum atomic E-state index is -0.449. The Balaban J connectivity index is 1.87. The van der Waals surface area contributed by atoms with Gasteiger partial charge in [-0.2, -0.15) is 0 Å². The first-order chi connectivity index (χ1) is 9.76. The van der Waals surface area contributed by atoms with Crippen LogP contribution in [0.25, 0.3) is 0 Å². The number of rotatable bonds is 2. The van der Waals surface area contributed by atoms with Crippen LogP contribution in [-0.2, 0) is 4.74 Å². The molecule has 21 heavy (non-hydrogen) atoms. The van der Waals surface area contributed by atoms with Gasteiger partial charge in [0, 0.05) is 13.1 Å². The van der Waals surface area contributed by atoms with Crippen LogP contribution < -0.4 is 0 Å². The Bertz CT molecular complexity index is 489. The lowest BCUT2D eigenvalue weighted by Gasteiger charge is -2.35. The highest BCUT2D eigenvalue weighted by Gasteiger charge is 2.30. The van der Waals surface area contributed by atoms with Crippen molar-refractivity contribution in [3.63, 3.8) is 0 Å². The highest BCUT2D eigenvalue weighted by Crippen LogP contribution is 2.31. The lowest BCUT2D eigenvalue weighted by atomic mass is 9.90.